The van der Waals surface area contributed by atoms with Gasteiger partial charge in [-0.25, -0.2) is 4.79 Å². The van der Waals surface area contributed by atoms with Crippen LogP contribution in [-0.2, 0) is 12.6 Å². The molecular weight excluding hydrogens is 299 g/mol. The molecule has 1 N–H and O–H groups in total. The molecule has 0 amide bonds. The molecule has 1 aromatic carbocycles. The van der Waals surface area contributed by atoms with Crippen molar-refractivity contribution in [1.82, 2.24) is 4.57 Å². The summed E-state index contributed by atoms with van der Waals surface area (Å²) in [4.78, 5) is 23.3. The summed E-state index contributed by atoms with van der Waals surface area (Å²) in [6.45, 7) is 1.72. The molecule has 1 heterocycles. The number of hydrogen-bond donors (Lipinski definition) is 1. The number of nitrogens with zero attached hydrogens (tertiary/aromatic N) is 1. The molecule has 0 unspecified atom stereocenters. The van der Waals surface area contributed by atoms with E-state index in [1.807, 2.05) is 0 Å². The molecule has 0 aliphatic carbocycles. The highest BCUT2D eigenvalue weighted by Crippen LogP contribution is 2.30. The predicted octanol–water partition coefficient (Wildman–Crippen LogP) is 3.12. The fraction of sp³-hybridized carbons (Fsp3) is 0.200. The van der Waals surface area contributed by atoms with Gasteiger partial charge in [0.1, 0.15) is 5.56 Å². The highest BCUT2D eigenvalue weighted by atomic mass is 19.4. The largest absolute Gasteiger partial charge is 0.477 e. The third kappa shape index (κ3) is 2.88. The molecule has 0 bridgehead atoms. The summed E-state index contributed by atoms with van der Waals surface area (Å²) in [5, 5.41) is 8.99. The molecule has 1 aromatic heterocycles. The second-order valence-electron chi connectivity index (χ2n) is 4.59. The van der Waals surface area contributed by atoms with Crippen LogP contribution in [0.3, 0.4) is 0 Å². The molecule has 2 rings (SSSR count). The third-order valence-corrected chi connectivity index (χ3v) is 3.19. The van der Waals surface area contributed by atoms with Gasteiger partial charge in [0, 0.05) is 11.4 Å². The Morgan fingerprint density at radius 3 is 2.45 bits per heavy atom. The average molecular weight is 311 g/mol. The molecule has 0 spiro atoms. The average Bonchev–Trinajstić information content (AvgIpc) is 2.45. The summed E-state index contributed by atoms with van der Waals surface area (Å²) in [6, 6.07) is 6.81. The van der Waals surface area contributed by atoms with Crippen molar-refractivity contribution in [3.8, 4) is 5.69 Å². The monoisotopic (exact) mass is 311 g/mol. The molecule has 0 aliphatic heterocycles. The molecule has 0 saturated heterocycles. The number of aromatic carboxylic acids is 1. The summed E-state index contributed by atoms with van der Waals surface area (Å²) in [5.74, 6) is -1.42. The van der Waals surface area contributed by atoms with Crippen molar-refractivity contribution in [1.29, 1.82) is 0 Å². The van der Waals surface area contributed by atoms with Crippen molar-refractivity contribution in [2.75, 3.05) is 0 Å². The van der Waals surface area contributed by atoms with Gasteiger partial charge in [-0.3, -0.25) is 9.36 Å². The summed E-state index contributed by atoms with van der Waals surface area (Å²) in [7, 11) is 0. The lowest BCUT2D eigenvalue weighted by Crippen LogP contribution is -2.27. The second-order valence-corrected chi connectivity index (χ2v) is 4.59. The number of carboxylic acid groups (broad SMARTS) is 1. The van der Waals surface area contributed by atoms with Crippen molar-refractivity contribution in [2.24, 2.45) is 0 Å². The number of aryl methyl sites for hydroxylation is 1. The van der Waals surface area contributed by atoms with Crippen LogP contribution < -0.4 is 5.56 Å². The van der Waals surface area contributed by atoms with E-state index in [2.05, 4.69) is 0 Å². The van der Waals surface area contributed by atoms with Gasteiger partial charge in [-0.15, -0.1) is 0 Å². The quantitative estimate of drug-likeness (QED) is 0.947. The van der Waals surface area contributed by atoms with Gasteiger partial charge in [0.2, 0.25) is 0 Å². The number of pyridine rings is 1. The van der Waals surface area contributed by atoms with Crippen LogP contribution in [0.1, 0.15) is 28.5 Å². The molecule has 0 radical (unpaired) electrons. The first-order valence-electron chi connectivity index (χ1n) is 6.41. The minimum atomic E-state index is -4.55. The van der Waals surface area contributed by atoms with Crippen LogP contribution in [-0.4, -0.2) is 15.6 Å². The van der Waals surface area contributed by atoms with Crippen molar-refractivity contribution in [3.05, 3.63) is 63.6 Å². The van der Waals surface area contributed by atoms with E-state index >= 15 is 0 Å². The van der Waals surface area contributed by atoms with E-state index in [0.717, 1.165) is 22.8 Å². The van der Waals surface area contributed by atoms with Crippen LogP contribution in [0.4, 0.5) is 13.2 Å². The number of aromatic nitrogens is 1. The van der Waals surface area contributed by atoms with E-state index in [4.69, 9.17) is 5.11 Å². The smallest absolute Gasteiger partial charge is 0.416 e. The number of carboxylic acids is 1. The van der Waals surface area contributed by atoms with E-state index in [1.54, 1.807) is 6.92 Å². The summed E-state index contributed by atoms with van der Waals surface area (Å²) in [6.07, 6.45) is -4.18. The Labute approximate surface area is 123 Å². The summed E-state index contributed by atoms with van der Waals surface area (Å²) >= 11 is 0. The van der Waals surface area contributed by atoms with E-state index in [0.29, 0.717) is 12.1 Å². The van der Waals surface area contributed by atoms with Crippen LogP contribution in [0.5, 0.6) is 0 Å². The minimum Gasteiger partial charge on any atom is -0.477 e. The summed E-state index contributed by atoms with van der Waals surface area (Å²) in [5.41, 5.74) is -1.84. The first-order valence-corrected chi connectivity index (χ1v) is 6.41. The second kappa shape index (κ2) is 5.67. The Kier molecular flexibility index (Phi) is 4.07. The SMILES string of the molecule is CCc1ccc(C(=O)O)c(=O)n1-c1cccc(C(F)(F)F)c1. The molecule has 0 fully saturated rings. The van der Waals surface area contributed by atoms with Gasteiger partial charge in [-0.05, 0) is 36.8 Å². The molecular formula is C15H12F3NO3. The lowest BCUT2D eigenvalue weighted by molar-refractivity contribution is -0.137. The van der Waals surface area contributed by atoms with E-state index < -0.39 is 28.8 Å². The van der Waals surface area contributed by atoms with Gasteiger partial charge in [-0.1, -0.05) is 13.0 Å². The van der Waals surface area contributed by atoms with Crippen LogP contribution in [0.2, 0.25) is 0 Å². The van der Waals surface area contributed by atoms with Crippen LogP contribution in [0, 0.1) is 0 Å². The molecule has 0 aliphatic rings. The number of benzene rings is 1. The fourth-order valence-corrected chi connectivity index (χ4v) is 2.12. The van der Waals surface area contributed by atoms with Gasteiger partial charge in [0.15, 0.2) is 0 Å². The maximum absolute atomic E-state index is 12.8. The van der Waals surface area contributed by atoms with Crippen molar-refractivity contribution in [3.63, 3.8) is 0 Å². The van der Waals surface area contributed by atoms with E-state index in [-0.39, 0.29) is 5.69 Å². The van der Waals surface area contributed by atoms with Crippen LogP contribution in [0.15, 0.2) is 41.2 Å². The zero-order chi connectivity index (χ0) is 16.5. The molecule has 116 valence electrons. The van der Waals surface area contributed by atoms with Gasteiger partial charge < -0.3 is 5.11 Å². The Balaban J connectivity index is 2.74. The number of alkyl halides is 3. The third-order valence-electron chi connectivity index (χ3n) is 3.19. The van der Waals surface area contributed by atoms with Crippen LogP contribution >= 0.6 is 0 Å². The number of carbonyl (C=O) groups is 1. The highest BCUT2D eigenvalue weighted by Gasteiger charge is 2.30. The van der Waals surface area contributed by atoms with Crippen LogP contribution in [0.25, 0.3) is 5.69 Å². The van der Waals surface area contributed by atoms with E-state index in [1.165, 1.54) is 18.2 Å². The number of rotatable bonds is 3. The first-order chi connectivity index (χ1) is 10.3. The number of hydrogen-bond acceptors (Lipinski definition) is 2. The molecule has 0 atom stereocenters. The summed E-state index contributed by atoms with van der Waals surface area (Å²) < 4.78 is 39.4. The standard InChI is InChI=1S/C15H12F3NO3/c1-2-10-6-7-12(14(21)22)13(20)19(10)11-5-3-4-9(8-11)15(16,17)18/h3-8H,2H2,1H3,(H,21,22). The van der Waals surface area contributed by atoms with E-state index in [9.17, 15) is 22.8 Å². The van der Waals surface area contributed by atoms with Gasteiger partial charge in [0.05, 0.1) is 5.56 Å². The molecule has 22 heavy (non-hydrogen) atoms. The maximum atomic E-state index is 12.8. The molecule has 0 saturated carbocycles. The van der Waals surface area contributed by atoms with Crippen molar-refractivity contribution < 1.29 is 23.1 Å². The Morgan fingerprint density at radius 2 is 1.91 bits per heavy atom. The van der Waals surface area contributed by atoms with Gasteiger partial charge in [-0.2, -0.15) is 13.2 Å². The first kappa shape index (κ1) is 15.8. The van der Waals surface area contributed by atoms with Crippen molar-refractivity contribution >= 4 is 5.97 Å². The zero-order valence-corrected chi connectivity index (χ0v) is 11.5. The zero-order valence-electron chi connectivity index (χ0n) is 11.5. The fourth-order valence-electron chi connectivity index (χ4n) is 2.12. The molecule has 4 nitrogen and oxygen atoms in total. The minimum absolute atomic E-state index is 0.0141. The maximum Gasteiger partial charge on any atom is 0.416 e. The van der Waals surface area contributed by atoms with Crippen molar-refractivity contribution in [2.45, 2.75) is 19.5 Å². The molecule has 7 heteroatoms. The van der Waals surface area contributed by atoms with Gasteiger partial charge in [0.25, 0.3) is 5.56 Å². The topological polar surface area (TPSA) is 59.3 Å². The Bertz CT molecular complexity index is 778. The lowest BCUT2D eigenvalue weighted by Gasteiger charge is -2.14. The number of halogens is 3. The Hall–Kier alpha value is -2.57. The van der Waals surface area contributed by atoms with Gasteiger partial charge >= 0.3 is 12.1 Å². The lowest BCUT2D eigenvalue weighted by atomic mass is 10.1. The highest BCUT2D eigenvalue weighted by molar-refractivity contribution is 5.87. The Morgan fingerprint density at radius 1 is 1.23 bits per heavy atom. The normalized spacial score (nSPS) is 11.5. The predicted molar refractivity (Wildman–Crippen MR) is 73.4 cm³/mol. The molecule has 2 aromatic rings.